The SMILES string of the molecule is NS(=O)(=O)C1(CNc2ncc(F)c(-c3ccsc3)n2)CCC1. The first-order chi connectivity index (χ1) is 10.4. The maximum absolute atomic E-state index is 13.8. The van der Waals surface area contributed by atoms with Crippen molar-refractivity contribution >= 4 is 27.3 Å². The molecule has 0 saturated heterocycles. The smallest absolute Gasteiger partial charge is 0.223 e. The first-order valence-corrected chi connectivity index (χ1v) is 9.22. The molecule has 1 aliphatic carbocycles. The molecule has 0 spiro atoms. The second-order valence-corrected chi connectivity index (χ2v) is 8.07. The van der Waals surface area contributed by atoms with E-state index < -0.39 is 20.6 Å². The fourth-order valence-corrected chi connectivity index (χ4v) is 4.20. The molecule has 118 valence electrons. The molecule has 0 amide bonds. The third-order valence-electron chi connectivity index (χ3n) is 3.98. The lowest BCUT2D eigenvalue weighted by Crippen LogP contribution is -2.53. The Bertz CT molecular complexity index is 773. The molecule has 2 aromatic rings. The van der Waals surface area contributed by atoms with Gasteiger partial charge in [-0.15, -0.1) is 0 Å². The summed E-state index contributed by atoms with van der Waals surface area (Å²) in [6.07, 6.45) is 2.92. The van der Waals surface area contributed by atoms with Crippen LogP contribution >= 0.6 is 11.3 Å². The van der Waals surface area contributed by atoms with Crippen LogP contribution in [0.3, 0.4) is 0 Å². The number of rotatable bonds is 5. The van der Waals surface area contributed by atoms with Crippen LogP contribution in [0.2, 0.25) is 0 Å². The summed E-state index contributed by atoms with van der Waals surface area (Å²) < 4.78 is 36.3. The maximum atomic E-state index is 13.8. The van der Waals surface area contributed by atoms with Crippen molar-refractivity contribution in [1.82, 2.24) is 9.97 Å². The van der Waals surface area contributed by atoms with Gasteiger partial charge in [0.1, 0.15) is 10.4 Å². The number of nitrogens with zero attached hydrogens (tertiary/aromatic N) is 2. The molecule has 1 saturated carbocycles. The van der Waals surface area contributed by atoms with Crippen molar-refractivity contribution < 1.29 is 12.8 Å². The number of hydrogen-bond donors (Lipinski definition) is 2. The Kier molecular flexibility index (Phi) is 3.87. The lowest BCUT2D eigenvalue weighted by Gasteiger charge is -2.39. The van der Waals surface area contributed by atoms with Crippen LogP contribution in [0.15, 0.2) is 23.0 Å². The highest BCUT2D eigenvalue weighted by atomic mass is 32.2. The van der Waals surface area contributed by atoms with E-state index >= 15 is 0 Å². The average Bonchev–Trinajstić information content (AvgIpc) is 2.91. The Morgan fingerprint density at radius 3 is 2.77 bits per heavy atom. The molecule has 0 aliphatic heterocycles. The Labute approximate surface area is 131 Å². The average molecular weight is 342 g/mol. The lowest BCUT2D eigenvalue weighted by atomic mass is 9.84. The summed E-state index contributed by atoms with van der Waals surface area (Å²) >= 11 is 1.44. The third kappa shape index (κ3) is 2.71. The molecule has 3 N–H and O–H groups in total. The number of nitrogens with one attached hydrogen (secondary N) is 1. The zero-order chi connectivity index (χ0) is 15.8. The zero-order valence-corrected chi connectivity index (χ0v) is 13.3. The van der Waals surface area contributed by atoms with Gasteiger partial charge in [0, 0.05) is 17.5 Å². The van der Waals surface area contributed by atoms with Crippen molar-refractivity contribution in [2.24, 2.45) is 5.14 Å². The van der Waals surface area contributed by atoms with Gasteiger partial charge < -0.3 is 5.32 Å². The first-order valence-electron chi connectivity index (χ1n) is 6.73. The number of halogens is 1. The molecule has 0 aromatic carbocycles. The highest BCUT2D eigenvalue weighted by Crippen LogP contribution is 2.38. The van der Waals surface area contributed by atoms with Crippen molar-refractivity contribution in [3.63, 3.8) is 0 Å². The maximum Gasteiger partial charge on any atom is 0.223 e. The molecule has 0 bridgehead atoms. The van der Waals surface area contributed by atoms with E-state index in [4.69, 9.17) is 5.14 Å². The number of sulfonamides is 1. The van der Waals surface area contributed by atoms with Gasteiger partial charge in [0.15, 0.2) is 5.82 Å². The molecule has 1 fully saturated rings. The summed E-state index contributed by atoms with van der Waals surface area (Å²) in [5.41, 5.74) is 0.856. The number of anilines is 1. The summed E-state index contributed by atoms with van der Waals surface area (Å²) in [5, 5.41) is 11.8. The van der Waals surface area contributed by atoms with E-state index in [1.54, 1.807) is 11.4 Å². The van der Waals surface area contributed by atoms with Crippen LogP contribution < -0.4 is 10.5 Å². The van der Waals surface area contributed by atoms with Crippen molar-refractivity contribution in [3.8, 4) is 11.3 Å². The van der Waals surface area contributed by atoms with Crippen molar-refractivity contribution in [2.45, 2.75) is 24.0 Å². The minimum atomic E-state index is -3.65. The Hall–Kier alpha value is -1.58. The van der Waals surface area contributed by atoms with Gasteiger partial charge in [0.25, 0.3) is 0 Å². The molecular weight excluding hydrogens is 327 g/mol. The summed E-state index contributed by atoms with van der Waals surface area (Å²) in [6.45, 7) is 0.126. The molecule has 2 heterocycles. The van der Waals surface area contributed by atoms with Gasteiger partial charge >= 0.3 is 0 Å². The molecule has 0 radical (unpaired) electrons. The lowest BCUT2D eigenvalue weighted by molar-refractivity contribution is 0.351. The molecule has 9 heteroatoms. The van der Waals surface area contributed by atoms with Gasteiger partial charge in [-0.05, 0) is 24.3 Å². The van der Waals surface area contributed by atoms with E-state index in [1.165, 1.54) is 11.3 Å². The molecule has 1 aliphatic rings. The Morgan fingerprint density at radius 2 is 2.23 bits per heavy atom. The Morgan fingerprint density at radius 1 is 1.45 bits per heavy atom. The van der Waals surface area contributed by atoms with E-state index in [9.17, 15) is 12.8 Å². The number of nitrogens with two attached hydrogens (primary N) is 1. The van der Waals surface area contributed by atoms with E-state index in [1.807, 2.05) is 5.38 Å². The fraction of sp³-hybridized carbons (Fsp3) is 0.385. The van der Waals surface area contributed by atoms with Crippen LogP contribution in [-0.2, 0) is 10.0 Å². The van der Waals surface area contributed by atoms with E-state index in [2.05, 4.69) is 15.3 Å². The van der Waals surface area contributed by atoms with Gasteiger partial charge in [0.05, 0.1) is 6.20 Å². The number of primary sulfonamides is 1. The minimum Gasteiger partial charge on any atom is -0.353 e. The van der Waals surface area contributed by atoms with E-state index in [-0.39, 0.29) is 18.2 Å². The normalized spacial score (nSPS) is 17.0. The minimum absolute atomic E-state index is 0.126. The van der Waals surface area contributed by atoms with Gasteiger partial charge in [-0.3, -0.25) is 0 Å². The molecule has 2 aromatic heterocycles. The van der Waals surface area contributed by atoms with E-state index in [0.717, 1.165) is 12.6 Å². The number of aromatic nitrogens is 2. The van der Waals surface area contributed by atoms with E-state index in [0.29, 0.717) is 18.4 Å². The molecule has 22 heavy (non-hydrogen) atoms. The summed E-state index contributed by atoms with van der Waals surface area (Å²) in [7, 11) is -3.65. The largest absolute Gasteiger partial charge is 0.353 e. The van der Waals surface area contributed by atoms with Crippen LogP contribution in [0, 0.1) is 5.82 Å². The molecule has 6 nitrogen and oxygen atoms in total. The second kappa shape index (κ2) is 5.56. The van der Waals surface area contributed by atoms with Crippen molar-refractivity contribution in [3.05, 3.63) is 28.8 Å². The zero-order valence-electron chi connectivity index (χ0n) is 11.6. The summed E-state index contributed by atoms with van der Waals surface area (Å²) in [4.78, 5) is 7.99. The highest BCUT2D eigenvalue weighted by Gasteiger charge is 2.47. The molecule has 0 atom stereocenters. The fourth-order valence-electron chi connectivity index (χ4n) is 2.43. The quantitative estimate of drug-likeness (QED) is 0.865. The number of thiophene rings is 1. The van der Waals surface area contributed by atoms with Gasteiger partial charge in [-0.2, -0.15) is 11.3 Å². The van der Waals surface area contributed by atoms with Crippen molar-refractivity contribution in [2.75, 3.05) is 11.9 Å². The van der Waals surface area contributed by atoms with Crippen LogP contribution in [0.5, 0.6) is 0 Å². The Balaban J connectivity index is 1.81. The first kappa shape index (κ1) is 15.3. The number of hydrogen-bond acceptors (Lipinski definition) is 6. The molecule has 0 unspecified atom stereocenters. The standard InChI is InChI=1S/C13H15FN4O2S2/c14-10-6-16-12(18-11(10)9-2-5-21-7-9)17-8-13(3-1-4-13)22(15,19)20/h2,5-7H,1,3-4,8H2,(H2,15,19,20)(H,16,17,18). The summed E-state index contributed by atoms with van der Waals surface area (Å²) in [5.74, 6) is -0.328. The van der Waals surface area contributed by atoms with Crippen LogP contribution in [0.4, 0.5) is 10.3 Å². The third-order valence-corrected chi connectivity index (χ3v) is 6.42. The molecule has 3 rings (SSSR count). The predicted molar refractivity (Wildman–Crippen MR) is 83.5 cm³/mol. The van der Waals surface area contributed by atoms with Crippen LogP contribution in [-0.4, -0.2) is 29.7 Å². The summed E-state index contributed by atoms with van der Waals surface area (Å²) in [6, 6.07) is 1.76. The molecular formula is C13H15FN4O2S2. The van der Waals surface area contributed by atoms with Crippen LogP contribution in [0.1, 0.15) is 19.3 Å². The second-order valence-electron chi connectivity index (χ2n) is 5.34. The predicted octanol–water partition coefficient (Wildman–Crippen LogP) is 1.97. The monoisotopic (exact) mass is 342 g/mol. The topological polar surface area (TPSA) is 98.0 Å². The van der Waals surface area contributed by atoms with Gasteiger partial charge in [-0.1, -0.05) is 6.42 Å². The highest BCUT2D eigenvalue weighted by molar-refractivity contribution is 7.90. The van der Waals surface area contributed by atoms with Crippen LogP contribution in [0.25, 0.3) is 11.3 Å². The van der Waals surface area contributed by atoms with Gasteiger partial charge in [-0.25, -0.2) is 27.9 Å². The van der Waals surface area contributed by atoms with Gasteiger partial charge in [0.2, 0.25) is 16.0 Å². The van der Waals surface area contributed by atoms with Crippen molar-refractivity contribution in [1.29, 1.82) is 0 Å².